The molecule has 0 aliphatic carbocycles. The Morgan fingerprint density at radius 3 is 2.90 bits per heavy atom. The first kappa shape index (κ1) is 15.6. The summed E-state index contributed by atoms with van der Waals surface area (Å²) in [6, 6.07) is 1.28. The van der Waals surface area contributed by atoms with Crippen molar-refractivity contribution in [3.63, 3.8) is 0 Å². The first-order valence-electron chi connectivity index (χ1n) is 8.22. The molecule has 0 aromatic carbocycles. The van der Waals surface area contributed by atoms with Crippen molar-refractivity contribution in [1.82, 2.24) is 20.4 Å². The molecule has 5 heteroatoms. The highest BCUT2D eigenvalue weighted by molar-refractivity contribution is 5.76. The highest BCUT2D eigenvalue weighted by Crippen LogP contribution is 2.19. The van der Waals surface area contributed by atoms with Crippen LogP contribution >= 0.6 is 0 Å². The van der Waals surface area contributed by atoms with Gasteiger partial charge in [-0.05, 0) is 39.3 Å². The number of rotatable bonds is 7. The van der Waals surface area contributed by atoms with Crippen molar-refractivity contribution < 1.29 is 4.79 Å². The van der Waals surface area contributed by atoms with Crippen LogP contribution in [-0.2, 0) is 0 Å². The Kier molecular flexibility index (Phi) is 6.10. The number of carbonyl (C=O) groups is 1. The Morgan fingerprint density at radius 2 is 2.20 bits per heavy atom. The minimum atomic E-state index is 0.107. The smallest absolute Gasteiger partial charge is 0.317 e. The molecule has 5 nitrogen and oxygen atoms in total. The Morgan fingerprint density at radius 1 is 1.35 bits per heavy atom. The first-order valence-corrected chi connectivity index (χ1v) is 8.22. The van der Waals surface area contributed by atoms with Crippen LogP contribution in [0.3, 0.4) is 0 Å². The number of amides is 2. The number of hydrogen-bond acceptors (Lipinski definition) is 3. The standard InChI is InChI=1S/C15H30N4O/c1-3-7-16-13(2)14-6-4-5-9-18(14)11-12-19-10-8-17-15(19)20/h13-14,16H,3-12H2,1-2H3,(H,17,20). The van der Waals surface area contributed by atoms with E-state index in [1.54, 1.807) is 0 Å². The zero-order chi connectivity index (χ0) is 14.4. The summed E-state index contributed by atoms with van der Waals surface area (Å²) in [5, 5.41) is 6.51. The van der Waals surface area contributed by atoms with E-state index in [2.05, 4.69) is 29.4 Å². The molecule has 0 spiro atoms. The van der Waals surface area contributed by atoms with Crippen LogP contribution in [0.1, 0.15) is 39.5 Å². The minimum absolute atomic E-state index is 0.107. The summed E-state index contributed by atoms with van der Waals surface area (Å²) in [5.74, 6) is 0. The molecule has 2 aliphatic heterocycles. The predicted molar refractivity (Wildman–Crippen MR) is 81.9 cm³/mol. The van der Waals surface area contributed by atoms with Crippen molar-refractivity contribution in [1.29, 1.82) is 0 Å². The van der Waals surface area contributed by atoms with E-state index in [1.165, 1.54) is 32.2 Å². The normalized spacial score (nSPS) is 25.8. The zero-order valence-electron chi connectivity index (χ0n) is 13.0. The third-order valence-electron chi connectivity index (χ3n) is 4.56. The summed E-state index contributed by atoms with van der Waals surface area (Å²) < 4.78 is 0. The van der Waals surface area contributed by atoms with E-state index in [1.807, 2.05) is 4.90 Å². The van der Waals surface area contributed by atoms with E-state index in [0.29, 0.717) is 12.1 Å². The van der Waals surface area contributed by atoms with Crippen molar-refractivity contribution in [2.75, 3.05) is 39.3 Å². The largest absolute Gasteiger partial charge is 0.336 e. The number of likely N-dealkylation sites (tertiary alicyclic amines) is 1. The van der Waals surface area contributed by atoms with Crippen LogP contribution in [-0.4, -0.2) is 67.2 Å². The maximum atomic E-state index is 11.6. The topological polar surface area (TPSA) is 47.6 Å². The molecular weight excluding hydrogens is 252 g/mol. The summed E-state index contributed by atoms with van der Waals surface area (Å²) in [4.78, 5) is 16.1. The van der Waals surface area contributed by atoms with E-state index >= 15 is 0 Å². The first-order chi connectivity index (χ1) is 9.72. The Hall–Kier alpha value is -0.810. The molecule has 0 aromatic rings. The van der Waals surface area contributed by atoms with Gasteiger partial charge in [-0.3, -0.25) is 4.90 Å². The van der Waals surface area contributed by atoms with Crippen LogP contribution in [0.5, 0.6) is 0 Å². The van der Waals surface area contributed by atoms with E-state index in [0.717, 1.165) is 32.7 Å². The highest BCUT2D eigenvalue weighted by atomic mass is 16.2. The van der Waals surface area contributed by atoms with E-state index in [9.17, 15) is 4.79 Å². The molecule has 0 aromatic heterocycles. The summed E-state index contributed by atoms with van der Waals surface area (Å²) in [5.41, 5.74) is 0. The van der Waals surface area contributed by atoms with Gasteiger partial charge in [0.15, 0.2) is 0 Å². The lowest BCUT2D eigenvalue weighted by molar-refractivity contribution is 0.109. The van der Waals surface area contributed by atoms with Crippen molar-refractivity contribution in [3.05, 3.63) is 0 Å². The summed E-state index contributed by atoms with van der Waals surface area (Å²) in [7, 11) is 0. The molecule has 2 heterocycles. The highest BCUT2D eigenvalue weighted by Gasteiger charge is 2.28. The van der Waals surface area contributed by atoms with Gasteiger partial charge in [-0.1, -0.05) is 13.3 Å². The van der Waals surface area contributed by atoms with Crippen molar-refractivity contribution in [2.24, 2.45) is 0 Å². The Balaban J connectivity index is 1.81. The second-order valence-corrected chi connectivity index (χ2v) is 6.06. The number of urea groups is 1. The van der Waals surface area contributed by atoms with Gasteiger partial charge in [-0.15, -0.1) is 0 Å². The molecule has 0 bridgehead atoms. The molecule has 2 rings (SSSR count). The fourth-order valence-electron chi connectivity index (χ4n) is 3.34. The molecule has 2 fully saturated rings. The zero-order valence-corrected chi connectivity index (χ0v) is 13.0. The van der Waals surface area contributed by atoms with E-state index < -0.39 is 0 Å². The minimum Gasteiger partial charge on any atom is -0.336 e. The molecular formula is C15H30N4O. The van der Waals surface area contributed by atoms with Gasteiger partial charge < -0.3 is 15.5 Å². The van der Waals surface area contributed by atoms with Crippen molar-refractivity contribution >= 4 is 6.03 Å². The van der Waals surface area contributed by atoms with Gasteiger partial charge in [-0.2, -0.15) is 0 Å². The summed E-state index contributed by atoms with van der Waals surface area (Å²) in [6.07, 6.45) is 5.10. The third kappa shape index (κ3) is 4.09. The number of carbonyl (C=O) groups excluding carboxylic acids is 1. The van der Waals surface area contributed by atoms with E-state index in [4.69, 9.17) is 0 Å². The molecule has 2 N–H and O–H groups in total. The second-order valence-electron chi connectivity index (χ2n) is 6.06. The summed E-state index contributed by atoms with van der Waals surface area (Å²) >= 11 is 0. The molecule has 2 unspecified atom stereocenters. The van der Waals surface area contributed by atoms with E-state index in [-0.39, 0.29) is 6.03 Å². The second kappa shape index (κ2) is 7.84. The maximum Gasteiger partial charge on any atom is 0.317 e. The van der Waals surface area contributed by atoms with Gasteiger partial charge in [0.1, 0.15) is 0 Å². The number of piperidine rings is 1. The monoisotopic (exact) mass is 282 g/mol. The van der Waals surface area contributed by atoms with Gasteiger partial charge >= 0.3 is 6.03 Å². The third-order valence-corrected chi connectivity index (χ3v) is 4.56. The van der Waals surface area contributed by atoms with Gasteiger partial charge in [0.05, 0.1) is 0 Å². The molecule has 116 valence electrons. The van der Waals surface area contributed by atoms with Crippen LogP contribution in [0.15, 0.2) is 0 Å². The Bertz CT molecular complexity index is 310. The average Bonchev–Trinajstić information content (AvgIpc) is 2.88. The van der Waals surface area contributed by atoms with Crippen LogP contribution in [0, 0.1) is 0 Å². The van der Waals surface area contributed by atoms with Crippen molar-refractivity contribution in [3.8, 4) is 0 Å². The molecule has 0 saturated carbocycles. The van der Waals surface area contributed by atoms with Crippen LogP contribution in [0.4, 0.5) is 4.79 Å². The van der Waals surface area contributed by atoms with Gasteiger partial charge in [0.2, 0.25) is 0 Å². The number of nitrogens with zero attached hydrogens (tertiary/aromatic N) is 2. The molecule has 0 radical (unpaired) electrons. The van der Waals surface area contributed by atoms with Crippen LogP contribution < -0.4 is 10.6 Å². The fourth-order valence-corrected chi connectivity index (χ4v) is 3.34. The fraction of sp³-hybridized carbons (Fsp3) is 0.933. The molecule has 2 amide bonds. The predicted octanol–water partition coefficient (Wildman–Crippen LogP) is 1.25. The molecule has 2 saturated heterocycles. The number of hydrogen-bond donors (Lipinski definition) is 2. The van der Waals surface area contributed by atoms with Gasteiger partial charge in [0, 0.05) is 38.3 Å². The lowest BCUT2D eigenvalue weighted by Crippen LogP contribution is -2.53. The molecule has 2 aliphatic rings. The lowest BCUT2D eigenvalue weighted by atomic mass is 9.96. The number of nitrogens with one attached hydrogen (secondary N) is 2. The van der Waals surface area contributed by atoms with Gasteiger partial charge in [0.25, 0.3) is 0 Å². The average molecular weight is 282 g/mol. The quantitative estimate of drug-likeness (QED) is 0.739. The van der Waals surface area contributed by atoms with Crippen molar-refractivity contribution in [2.45, 2.75) is 51.6 Å². The molecule has 2 atom stereocenters. The molecule has 20 heavy (non-hydrogen) atoms. The maximum absolute atomic E-state index is 11.6. The van der Waals surface area contributed by atoms with Crippen LogP contribution in [0.25, 0.3) is 0 Å². The SMILES string of the molecule is CCCNC(C)C1CCCCN1CCN1CCNC1=O. The summed E-state index contributed by atoms with van der Waals surface area (Å²) in [6.45, 7) is 10.3. The lowest BCUT2D eigenvalue weighted by Gasteiger charge is -2.40. The van der Waals surface area contributed by atoms with Gasteiger partial charge in [-0.25, -0.2) is 4.79 Å². The Labute approximate surface area is 123 Å². The van der Waals surface area contributed by atoms with Crippen LogP contribution in [0.2, 0.25) is 0 Å².